The standard InChI is InChI=1S/C14H20N2O2/c1-10(2)11-4-7-16(8-5-11)13-3-6-15-9-12(13)14(17)18/h3,6,9-11H,4-5,7-8H2,1-2H3,(H,17,18). The normalized spacial score (nSPS) is 17.2. The number of aromatic nitrogens is 1. The maximum atomic E-state index is 11.2. The molecule has 1 aromatic rings. The first kappa shape index (κ1) is 12.9. The summed E-state index contributed by atoms with van der Waals surface area (Å²) in [5, 5.41) is 9.17. The molecule has 98 valence electrons. The predicted molar refractivity (Wildman–Crippen MR) is 71.0 cm³/mol. The molecule has 0 aliphatic carbocycles. The van der Waals surface area contributed by atoms with Gasteiger partial charge in [-0.15, -0.1) is 0 Å². The average molecular weight is 248 g/mol. The summed E-state index contributed by atoms with van der Waals surface area (Å²) in [7, 11) is 0. The van der Waals surface area contributed by atoms with E-state index in [4.69, 9.17) is 5.11 Å². The second-order valence-electron chi connectivity index (χ2n) is 5.27. The number of aromatic carboxylic acids is 1. The van der Waals surface area contributed by atoms with Gasteiger partial charge in [0, 0.05) is 25.5 Å². The van der Waals surface area contributed by atoms with Gasteiger partial charge in [-0.2, -0.15) is 0 Å². The molecule has 1 aliphatic heterocycles. The lowest BCUT2D eigenvalue weighted by molar-refractivity contribution is 0.0697. The van der Waals surface area contributed by atoms with E-state index >= 15 is 0 Å². The molecule has 1 aliphatic rings. The van der Waals surface area contributed by atoms with E-state index in [1.54, 1.807) is 12.3 Å². The summed E-state index contributed by atoms with van der Waals surface area (Å²) in [6.45, 7) is 6.39. The van der Waals surface area contributed by atoms with Gasteiger partial charge in [0.05, 0.1) is 5.69 Å². The first-order valence-corrected chi connectivity index (χ1v) is 6.52. The molecule has 2 heterocycles. The van der Waals surface area contributed by atoms with Crippen LogP contribution in [0.4, 0.5) is 5.69 Å². The Bertz CT molecular complexity index is 424. The predicted octanol–water partition coefficient (Wildman–Crippen LogP) is 2.65. The van der Waals surface area contributed by atoms with Gasteiger partial charge >= 0.3 is 5.97 Å². The Labute approximate surface area is 108 Å². The Morgan fingerprint density at radius 2 is 2.11 bits per heavy atom. The molecule has 0 spiro atoms. The molecule has 0 unspecified atom stereocenters. The van der Waals surface area contributed by atoms with Gasteiger partial charge in [-0.1, -0.05) is 13.8 Å². The number of carboxylic acid groups (broad SMARTS) is 1. The Balaban J connectivity index is 2.12. The molecule has 18 heavy (non-hydrogen) atoms. The van der Waals surface area contributed by atoms with Crippen LogP contribution in [0, 0.1) is 11.8 Å². The topological polar surface area (TPSA) is 53.4 Å². The van der Waals surface area contributed by atoms with E-state index < -0.39 is 5.97 Å². The highest BCUT2D eigenvalue weighted by Gasteiger charge is 2.24. The number of piperidine rings is 1. The van der Waals surface area contributed by atoms with Crippen molar-refractivity contribution in [1.82, 2.24) is 4.98 Å². The van der Waals surface area contributed by atoms with Crippen molar-refractivity contribution < 1.29 is 9.90 Å². The van der Waals surface area contributed by atoms with Crippen LogP contribution in [0.2, 0.25) is 0 Å². The second kappa shape index (κ2) is 5.38. The lowest BCUT2D eigenvalue weighted by Gasteiger charge is -2.35. The number of rotatable bonds is 3. The van der Waals surface area contributed by atoms with Crippen LogP contribution < -0.4 is 4.90 Å². The summed E-state index contributed by atoms with van der Waals surface area (Å²) in [4.78, 5) is 17.2. The lowest BCUT2D eigenvalue weighted by Crippen LogP contribution is -2.36. The molecular formula is C14H20N2O2. The molecule has 4 heteroatoms. The summed E-state index contributed by atoms with van der Waals surface area (Å²) in [6, 6.07) is 1.80. The van der Waals surface area contributed by atoms with Gasteiger partial charge < -0.3 is 10.0 Å². The zero-order valence-electron chi connectivity index (χ0n) is 11.0. The number of nitrogens with zero attached hydrogens (tertiary/aromatic N) is 2. The fourth-order valence-corrected chi connectivity index (χ4v) is 2.63. The van der Waals surface area contributed by atoms with Gasteiger partial charge in [0.2, 0.25) is 0 Å². The SMILES string of the molecule is CC(C)C1CCN(c2ccncc2C(=O)O)CC1. The van der Waals surface area contributed by atoms with Gasteiger partial charge in [0.15, 0.2) is 0 Å². The van der Waals surface area contributed by atoms with Crippen LogP contribution in [0.5, 0.6) is 0 Å². The van der Waals surface area contributed by atoms with Gasteiger partial charge in [-0.3, -0.25) is 4.98 Å². The molecule has 2 rings (SSSR count). The van der Waals surface area contributed by atoms with Gasteiger partial charge in [0.25, 0.3) is 0 Å². The van der Waals surface area contributed by atoms with E-state index in [2.05, 4.69) is 23.7 Å². The van der Waals surface area contributed by atoms with Crippen molar-refractivity contribution in [1.29, 1.82) is 0 Å². The monoisotopic (exact) mass is 248 g/mol. The minimum Gasteiger partial charge on any atom is -0.478 e. The highest BCUT2D eigenvalue weighted by atomic mass is 16.4. The van der Waals surface area contributed by atoms with E-state index in [-0.39, 0.29) is 0 Å². The molecule has 0 atom stereocenters. The second-order valence-corrected chi connectivity index (χ2v) is 5.27. The molecule has 0 aromatic carbocycles. The largest absolute Gasteiger partial charge is 0.478 e. The molecule has 1 fully saturated rings. The van der Waals surface area contributed by atoms with Gasteiger partial charge in [-0.05, 0) is 30.7 Å². The first-order chi connectivity index (χ1) is 8.59. The molecule has 0 bridgehead atoms. The first-order valence-electron chi connectivity index (χ1n) is 6.52. The van der Waals surface area contributed by atoms with Gasteiger partial charge in [0.1, 0.15) is 5.56 Å². The van der Waals surface area contributed by atoms with E-state index in [0.717, 1.165) is 37.5 Å². The molecule has 1 N–H and O–H groups in total. The summed E-state index contributed by atoms with van der Waals surface area (Å²) in [6.07, 6.45) is 5.38. The third-order valence-electron chi connectivity index (χ3n) is 3.85. The van der Waals surface area contributed by atoms with Crippen LogP contribution in [-0.4, -0.2) is 29.1 Å². The van der Waals surface area contributed by atoms with E-state index in [1.807, 2.05) is 0 Å². The zero-order valence-corrected chi connectivity index (χ0v) is 11.0. The summed E-state index contributed by atoms with van der Waals surface area (Å²) in [5.74, 6) is 0.573. The zero-order chi connectivity index (χ0) is 13.1. The fourth-order valence-electron chi connectivity index (χ4n) is 2.63. The van der Waals surface area contributed by atoms with Crippen molar-refractivity contribution in [2.45, 2.75) is 26.7 Å². The average Bonchev–Trinajstić information content (AvgIpc) is 2.39. The van der Waals surface area contributed by atoms with Crippen molar-refractivity contribution in [2.75, 3.05) is 18.0 Å². The van der Waals surface area contributed by atoms with Gasteiger partial charge in [-0.25, -0.2) is 4.79 Å². The summed E-state index contributed by atoms with van der Waals surface area (Å²) in [5.41, 5.74) is 1.11. The number of carboxylic acids is 1. The summed E-state index contributed by atoms with van der Waals surface area (Å²) < 4.78 is 0. The summed E-state index contributed by atoms with van der Waals surface area (Å²) >= 11 is 0. The molecule has 0 radical (unpaired) electrons. The van der Waals surface area contributed by atoms with E-state index in [1.165, 1.54) is 6.20 Å². The molecule has 0 amide bonds. The van der Waals surface area contributed by atoms with Crippen molar-refractivity contribution in [3.05, 3.63) is 24.0 Å². The van der Waals surface area contributed by atoms with Crippen LogP contribution in [0.1, 0.15) is 37.0 Å². The molecule has 1 saturated heterocycles. The highest BCUT2D eigenvalue weighted by Crippen LogP contribution is 2.29. The van der Waals surface area contributed by atoms with Crippen molar-refractivity contribution in [3.63, 3.8) is 0 Å². The van der Waals surface area contributed by atoms with Crippen LogP contribution in [0.3, 0.4) is 0 Å². The molecule has 0 saturated carbocycles. The van der Waals surface area contributed by atoms with Crippen molar-refractivity contribution in [2.24, 2.45) is 11.8 Å². The van der Waals surface area contributed by atoms with Crippen LogP contribution in [-0.2, 0) is 0 Å². The van der Waals surface area contributed by atoms with Crippen LogP contribution >= 0.6 is 0 Å². The highest BCUT2D eigenvalue weighted by molar-refractivity contribution is 5.94. The fraction of sp³-hybridized carbons (Fsp3) is 0.571. The maximum absolute atomic E-state index is 11.2. The number of carbonyl (C=O) groups is 1. The van der Waals surface area contributed by atoms with Crippen LogP contribution in [0.15, 0.2) is 18.5 Å². The number of anilines is 1. The Kier molecular flexibility index (Phi) is 3.84. The smallest absolute Gasteiger partial charge is 0.339 e. The number of pyridine rings is 1. The van der Waals surface area contributed by atoms with E-state index in [0.29, 0.717) is 11.5 Å². The Morgan fingerprint density at radius 1 is 1.44 bits per heavy atom. The Morgan fingerprint density at radius 3 is 2.67 bits per heavy atom. The minimum absolute atomic E-state index is 0.306. The Hall–Kier alpha value is -1.58. The molecule has 4 nitrogen and oxygen atoms in total. The number of hydrogen-bond donors (Lipinski definition) is 1. The maximum Gasteiger partial charge on any atom is 0.339 e. The molecular weight excluding hydrogens is 228 g/mol. The van der Waals surface area contributed by atoms with E-state index in [9.17, 15) is 4.79 Å². The molecule has 1 aromatic heterocycles. The third-order valence-corrected chi connectivity index (χ3v) is 3.85. The number of hydrogen-bond acceptors (Lipinski definition) is 3. The lowest BCUT2D eigenvalue weighted by atomic mass is 9.86. The van der Waals surface area contributed by atoms with Crippen LogP contribution in [0.25, 0.3) is 0 Å². The minimum atomic E-state index is -0.899. The van der Waals surface area contributed by atoms with Crippen molar-refractivity contribution in [3.8, 4) is 0 Å². The van der Waals surface area contributed by atoms with Crippen molar-refractivity contribution >= 4 is 11.7 Å². The third kappa shape index (κ3) is 2.63. The quantitative estimate of drug-likeness (QED) is 0.893.